The van der Waals surface area contributed by atoms with Crippen molar-refractivity contribution in [1.29, 1.82) is 0 Å². The topological polar surface area (TPSA) is 64.7 Å². The first-order valence-electron chi connectivity index (χ1n) is 8.23. The van der Waals surface area contributed by atoms with Gasteiger partial charge in [0, 0.05) is 57.8 Å². The van der Waals surface area contributed by atoms with Gasteiger partial charge in [-0.15, -0.1) is 0 Å². The maximum atomic E-state index is 11.9. The predicted octanol–water partition coefficient (Wildman–Crippen LogP) is 0.710. The molecule has 1 aliphatic rings. The Hall–Kier alpha value is -1.63. The Morgan fingerprint density at radius 1 is 1.08 bits per heavy atom. The molecule has 0 saturated carbocycles. The highest BCUT2D eigenvalue weighted by Crippen LogP contribution is 2.13. The molecule has 1 aromatic rings. The maximum absolute atomic E-state index is 11.9. The number of nitrogens with zero attached hydrogens (tertiary/aromatic N) is 2. The summed E-state index contributed by atoms with van der Waals surface area (Å²) >= 11 is 6.02. The smallest absolute Gasteiger partial charge is 0.234 e. The lowest BCUT2D eigenvalue weighted by Gasteiger charge is -2.34. The Morgan fingerprint density at radius 2 is 1.75 bits per heavy atom. The van der Waals surface area contributed by atoms with Crippen LogP contribution in [0.5, 0.6) is 0 Å². The zero-order valence-corrected chi connectivity index (χ0v) is 14.8. The Labute approximate surface area is 148 Å². The summed E-state index contributed by atoms with van der Waals surface area (Å²) in [6.45, 7) is 7.31. The van der Waals surface area contributed by atoms with Gasteiger partial charge < -0.3 is 10.6 Å². The van der Waals surface area contributed by atoms with Crippen LogP contribution in [0.4, 0.5) is 0 Å². The molecule has 0 aliphatic carbocycles. The van der Waals surface area contributed by atoms with E-state index in [2.05, 4.69) is 26.5 Å². The molecule has 0 aromatic heterocycles. The molecule has 6 nitrogen and oxygen atoms in total. The van der Waals surface area contributed by atoms with E-state index in [0.29, 0.717) is 19.6 Å². The van der Waals surface area contributed by atoms with Crippen molar-refractivity contribution in [1.82, 2.24) is 20.4 Å². The number of halogens is 1. The van der Waals surface area contributed by atoms with E-state index in [0.717, 1.165) is 37.7 Å². The second-order valence-electron chi connectivity index (χ2n) is 6.02. The molecule has 2 amide bonds. The number of hydrogen-bond donors (Lipinski definition) is 2. The summed E-state index contributed by atoms with van der Waals surface area (Å²) < 4.78 is 0. The molecule has 24 heavy (non-hydrogen) atoms. The molecule has 1 aliphatic heterocycles. The Kier molecular flexibility index (Phi) is 7.49. The normalized spacial score (nSPS) is 15.9. The summed E-state index contributed by atoms with van der Waals surface area (Å²) in [5.74, 6) is -0.0799. The Balaban J connectivity index is 1.63. The first-order chi connectivity index (χ1) is 11.5. The second kappa shape index (κ2) is 9.61. The van der Waals surface area contributed by atoms with Crippen LogP contribution in [0.1, 0.15) is 12.5 Å². The maximum Gasteiger partial charge on any atom is 0.234 e. The minimum absolute atomic E-state index is 0.00337. The molecule has 0 spiro atoms. The fourth-order valence-corrected chi connectivity index (χ4v) is 2.91. The van der Waals surface area contributed by atoms with Crippen molar-refractivity contribution in [3.05, 3.63) is 34.9 Å². The number of hydrogen-bond acceptors (Lipinski definition) is 4. The van der Waals surface area contributed by atoms with Crippen LogP contribution in [0, 0.1) is 0 Å². The molecule has 0 unspecified atom stereocenters. The van der Waals surface area contributed by atoms with Crippen molar-refractivity contribution in [2.45, 2.75) is 13.5 Å². The van der Waals surface area contributed by atoms with Crippen molar-refractivity contribution < 1.29 is 9.59 Å². The molecule has 1 aromatic carbocycles. The molecule has 1 fully saturated rings. The highest BCUT2D eigenvalue weighted by molar-refractivity contribution is 6.30. The van der Waals surface area contributed by atoms with Gasteiger partial charge in [-0.05, 0) is 17.7 Å². The molecule has 0 bridgehead atoms. The Bertz CT molecular complexity index is 559. The highest BCUT2D eigenvalue weighted by Gasteiger charge is 2.18. The average Bonchev–Trinajstić information content (AvgIpc) is 2.53. The zero-order valence-electron chi connectivity index (χ0n) is 14.1. The third kappa shape index (κ3) is 6.86. The van der Waals surface area contributed by atoms with Crippen LogP contribution >= 0.6 is 11.6 Å². The molecule has 0 atom stereocenters. The molecule has 132 valence electrons. The molecule has 7 heteroatoms. The summed E-state index contributed by atoms with van der Waals surface area (Å²) in [5.41, 5.74) is 1.21. The Morgan fingerprint density at radius 3 is 2.42 bits per heavy atom. The lowest BCUT2D eigenvalue weighted by atomic mass is 10.2. The summed E-state index contributed by atoms with van der Waals surface area (Å²) in [6.07, 6.45) is 0. The van der Waals surface area contributed by atoms with E-state index in [9.17, 15) is 9.59 Å². The second-order valence-corrected chi connectivity index (χ2v) is 6.45. The number of amides is 2. The van der Waals surface area contributed by atoms with Crippen molar-refractivity contribution in [3.63, 3.8) is 0 Å². The SMILES string of the molecule is CC(=O)NCCNC(=O)CN1CCN(Cc2cccc(Cl)c2)CC1. The van der Waals surface area contributed by atoms with E-state index in [4.69, 9.17) is 11.6 Å². The predicted molar refractivity (Wildman–Crippen MR) is 94.9 cm³/mol. The third-order valence-electron chi connectivity index (χ3n) is 3.95. The van der Waals surface area contributed by atoms with E-state index >= 15 is 0 Å². The molecule has 0 radical (unpaired) electrons. The fraction of sp³-hybridized carbons (Fsp3) is 0.529. The van der Waals surface area contributed by atoms with Crippen LogP contribution in [-0.2, 0) is 16.1 Å². The largest absolute Gasteiger partial charge is 0.355 e. The standard InChI is InChI=1S/C17H25ClN4O2/c1-14(23)19-5-6-20-17(24)13-22-9-7-21(8-10-22)12-15-3-2-4-16(18)11-15/h2-4,11H,5-10,12-13H2,1H3,(H,19,23)(H,20,24). The zero-order chi connectivity index (χ0) is 17.4. The van der Waals surface area contributed by atoms with Gasteiger partial charge in [0.15, 0.2) is 0 Å². The van der Waals surface area contributed by atoms with Gasteiger partial charge in [0.1, 0.15) is 0 Å². The van der Waals surface area contributed by atoms with Gasteiger partial charge in [-0.3, -0.25) is 19.4 Å². The van der Waals surface area contributed by atoms with E-state index < -0.39 is 0 Å². The quantitative estimate of drug-likeness (QED) is 0.709. The van der Waals surface area contributed by atoms with Crippen molar-refractivity contribution >= 4 is 23.4 Å². The number of piperazine rings is 1. The van der Waals surface area contributed by atoms with E-state index in [1.807, 2.05) is 18.2 Å². The van der Waals surface area contributed by atoms with Crippen molar-refractivity contribution in [3.8, 4) is 0 Å². The number of carbonyl (C=O) groups excluding carboxylic acids is 2. The van der Waals surface area contributed by atoms with Crippen LogP contribution in [-0.4, -0.2) is 67.4 Å². The van der Waals surface area contributed by atoms with Crippen molar-refractivity contribution in [2.24, 2.45) is 0 Å². The third-order valence-corrected chi connectivity index (χ3v) is 4.18. The van der Waals surface area contributed by atoms with E-state index in [-0.39, 0.29) is 11.8 Å². The van der Waals surface area contributed by atoms with E-state index in [1.165, 1.54) is 12.5 Å². The number of nitrogens with one attached hydrogen (secondary N) is 2. The minimum atomic E-state index is -0.0833. The first kappa shape index (κ1) is 18.7. The van der Waals surface area contributed by atoms with Crippen LogP contribution in [0.15, 0.2) is 24.3 Å². The number of benzene rings is 1. The molecule has 1 heterocycles. The minimum Gasteiger partial charge on any atom is -0.355 e. The number of rotatable bonds is 7. The summed E-state index contributed by atoms with van der Waals surface area (Å²) in [4.78, 5) is 27.1. The average molecular weight is 353 g/mol. The molecular weight excluding hydrogens is 328 g/mol. The molecule has 2 N–H and O–H groups in total. The monoisotopic (exact) mass is 352 g/mol. The van der Waals surface area contributed by atoms with Crippen LogP contribution in [0.25, 0.3) is 0 Å². The van der Waals surface area contributed by atoms with E-state index in [1.54, 1.807) is 0 Å². The van der Waals surface area contributed by atoms with Gasteiger partial charge in [-0.25, -0.2) is 0 Å². The lowest BCUT2D eigenvalue weighted by molar-refractivity contribution is -0.123. The van der Waals surface area contributed by atoms with Crippen LogP contribution in [0.3, 0.4) is 0 Å². The molecule has 2 rings (SSSR count). The van der Waals surface area contributed by atoms with Gasteiger partial charge in [-0.2, -0.15) is 0 Å². The number of carbonyl (C=O) groups is 2. The van der Waals surface area contributed by atoms with Gasteiger partial charge in [0.25, 0.3) is 0 Å². The van der Waals surface area contributed by atoms with Crippen LogP contribution in [0.2, 0.25) is 5.02 Å². The van der Waals surface area contributed by atoms with Crippen molar-refractivity contribution in [2.75, 3.05) is 45.8 Å². The summed E-state index contributed by atoms with van der Waals surface area (Å²) in [5, 5.41) is 6.24. The molecule has 1 saturated heterocycles. The van der Waals surface area contributed by atoms with Gasteiger partial charge in [-0.1, -0.05) is 23.7 Å². The fourth-order valence-electron chi connectivity index (χ4n) is 2.70. The molecular formula is C17H25ClN4O2. The lowest BCUT2D eigenvalue weighted by Crippen LogP contribution is -2.49. The van der Waals surface area contributed by atoms with Crippen LogP contribution < -0.4 is 10.6 Å². The summed E-state index contributed by atoms with van der Waals surface area (Å²) in [7, 11) is 0. The highest BCUT2D eigenvalue weighted by atomic mass is 35.5. The van der Waals surface area contributed by atoms with Gasteiger partial charge in [0.05, 0.1) is 6.54 Å². The van der Waals surface area contributed by atoms with Gasteiger partial charge >= 0.3 is 0 Å². The summed E-state index contributed by atoms with van der Waals surface area (Å²) in [6, 6.07) is 7.93. The first-order valence-corrected chi connectivity index (χ1v) is 8.61. The van der Waals surface area contributed by atoms with Gasteiger partial charge in [0.2, 0.25) is 11.8 Å².